The van der Waals surface area contributed by atoms with E-state index in [0.717, 1.165) is 22.0 Å². The number of amides is 2. The molecule has 2 heterocycles. The van der Waals surface area contributed by atoms with Crippen LogP contribution in [0.15, 0.2) is 41.3 Å². The lowest BCUT2D eigenvalue weighted by Crippen LogP contribution is -2.40. The molecule has 0 spiro atoms. The molecule has 2 aromatic rings. The molecule has 0 fully saturated rings. The molecule has 2 aromatic carbocycles. The molecule has 30 heavy (non-hydrogen) atoms. The van der Waals surface area contributed by atoms with E-state index in [0.29, 0.717) is 30.5 Å². The number of rotatable bonds is 5. The molecule has 6 nitrogen and oxygen atoms in total. The second-order valence-corrected chi connectivity index (χ2v) is 9.64. The van der Waals surface area contributed by atoms with Crippen molar-refractivity contribution in [2.24, 2.45) is 0 Å². The van der Waals surface area contributed by atoms with Gasteiger partial charge < -0.3 is 20.1 Å². The Hall–Kier alpha value is -2.38. The van der Waals surface area contributed by atoms with Gasteiger partial charge in [0.1, 0.15) is 13.2 Å². The molecule has 0 saturated carbocycles. The SMILES string of the molecule is CC(C)(CNC(=O)CC1Sc2ccc(Cl)cc2NC1=O)c1ccc2c(c1)OCCO2. The predicted molar refractivity (Wildman–Crippen MR) is 118 cm³/mol. The molecule has 0 aliphatic carbocycles. The van der Waals surface area contributed by atoms with Crippen molar-refractivity contribution < 1.29 is 19.1 Å². The molecule has 0 aromatic heterocycles. The van der Waals surface area contributed by atoms with E-state index in [1.807, 2.05) is 24.3 Å². The third-order valence-electron chi connectivity index (χ3n) is 5.18. The molecule has 8 heteroatoms. The third-order valence-corrected chi connectivity index (χ3v) is 6.69. The normalized spacial score (nSPS) is 17.7. The maximum Gasteiger partial charge on any atom is 0.238 e. The van der Waals surface area contributed by atoms with Gasteiger partial charge in [-0.25, -0.2) is 0 Å². The quantitative estimate of drug-likeness (QED) is 0.725. The fraction of sp³-hybridized carbons (Fsp3) is 0.364. The van der Waals surface area contributed by atoms with Crippen LogP contribution >= 0.6 is 23.4 Å². The van der Waals surface area contributed by atoms with E-state index in [1.54, 1.807) is 12.1 Å². The van der Waals surface area contributed by atoms with Gasteiger partial charge in [-0.05, 0) is 35.9 Å². The van der Waals surface area contributed by atoms with Gasteiger partial charge in [0, 0.05) is 28.3 Å². The lowest BCUT2D eigenvalue weighted by Gasteiger charge is -2.28. The van der Waals surface area contributed by atoms with Crippen molar-refractivity contribution >= 4 is 40.9 Å². The second-order valence-electron chi connectivity index (χ2n) is 7.96. The van der Waals surface area contributed by atoms with Gasteiger partial charge in [0.05, 0.1) is 10.9 Å². The largest absolute Gasteiger partial charge is 0.486 e. The maximum atomic E-state index is 12.6. The highest BCUT2D eigenvalue weighted by molar-refractivity contribution is 8.01. The number of thioether (sulfide) groups is 1. The zero-order chi connectivity index (χ0) is 21.3. The first-order chi connectivity index (χ1) is 14.3. The minimum atomic E-state index is -0.476. The van der Waals surface area contributed by atoms with E-state index in [4.69, 9.17) is 21.1 Å². The lowest BCUT2D eigenvalue weighted by molar-refractivity contribution is -0.124. The van der Waals surface area contributed by atoms with Crippen LogP contribution in [0.25, 0.3) is 0 Å². The van der Waals surface area contributed by atoms with Crippen LogP contribution in [0, 0.1) is 0 Å². The van der Waals surface area contributed by atoms with Gasteiger partial charge in [-0.2, -0.15) is 0 Å². The fourth-order valence-corrected chi connectivity index (χ4v) is 4.65. The smallest absolute Gasteiger partial charge is 0.238 e. The van der Waals surface area contributed by atoms with E-state index < -0.39 is 5.25 Å². The summed E-state index contributed by atoms with van der Waals surface area (Å²) in [6.45, 7) is 5.64. The highest BCUT2D eigenvalue weighted by Gasteiger charge is 2.30. The summed E-state index contributed by atoms with van der Waals surface area (Å²) in [5.74, 6) is 1.13. The first kappa shape index (κ1) is 20.9. The van der Waals surface area contributed by atoms with Crippen LogP contribution in [0.5, 0.6) is 11.5 Å². The number of carbonyl (C=O) groups is 2. The summed E-state index contributed by atoms with van der Waals surface area (Å²) in [5, 5.41) is 5.90. The highest BCUT2D eigenvalue weighted by Crippen LogP contribution is 2.38. The molecule has 0 bridgehead atoms. The van der Waals surface area contributed by atoms with Crippen LogP contribution in [0.1, 0.15) is 25.8 Å². The van der Waals surface area contributed by atoms with Gasteiger partial charge >= 0.3 is 0 Å². The predicted octanol–water partition coefficient (Wildman–Crippen LogP) is 4.01. The monoisotopic (exact) mass is 446 g/mol. The molecular weight excluding hydrogens is 424 g/mol. The van der Waals surface area contributed by atoms with E-state index in [1.165, 1.54) is 11.8 Å². The van der Waals surface area contributed by atoms with Crippen molar-refractivity contribution in [2.45, 2.75) is 35.8 Å². The molecule has 2 aliphatic rings. The number of hydrogen-bond donors (Lipinski definition) is 2. The number of fused-ring (bicyclic) bond motifs is 2. The maximum absolute atomic E-state index is 12.6. The van der Waals surface area contributed by atoms with Crippen LogP contribution in [-0.4, -0.2) is 36.8 Å². The minimum absolute atomic E-state index is 0.107. The Bertz CT molecular complexity index is 995. The summed E-state index contributed by atoms with van der Waals surface area (Å²) < 4.78 is 11.2. The summed E-state index contributed by atoms with van der Waals surface area (Å²) in [4.78, 5) is 25.9. The molecule has 2 aliphatic heterocycles. The highest BCUT2D eigenvalue weighted by atomic mass is 35.5. The first-order valence-electron chi connectivity index (χ1n) is 9.76. The van der Waals surface area contributed by atoms with E-state index in [-0.39, 0.29) is 23.7 Å². The lowest BCUT2D eigenvalue weighted by atomic mass is 9.84. The van der Waals surface area contributed by atoms with Crippen LogP contribution in [0.2, 0.25) is 5.02 Å². The van der Waals surface area contributed by atoms with Gasteiger partial charge in [0.25, 0.3) is 0 Å². The first-order valence-corrected chi connectivity index (χ1v) is 11.0. The number of nitrogens with one attached hydrogen (secondary N) is 2. The molecule has 2 N–H and O–H groups in total. The number of carbonyl (C=O) groups excluding carboxylic acids is 2. The zero-order valence-electron chi connectivity index (χ0n) is 16.8. The Morgan fingerprint density at radius 1 is 1.20 bits per heavy atom. The zero-order valence-corrected chi connectivity index (χ0v) is 18.4. The summed E-state index contributed by atoms with van der Waals surface area (Å²) >= 11 is 7.36. The summed E-state index contributed by atoms with van der Waals surface area (Å²) in [6, 6.07) is 11.2. The second kappa shape index (κ2) is 8.40. The average Bonchev–Trinajstić information content (AvgIpc) is 2.73. The average molecular weight is 447 g/mol. The number of anilines is 1. The third kappa shape index (κ3) is 4.52. The van der Waals surface area contributed by atoms with Crippen molar-refractivity contribution in [1.82, 2.24) is 5.32 Å². The standard InChI is InChI=1S/C22H23ClN2O4S/c1-22(2,13-3-5-16-17(9-13)29-8-7-28-16)12-24-20(26)11-19-21(27)25-15-10-14(23)4-6-18(15)30-19/h3-6,9-10,19H,7-8,11-12H2,1-2H3,(H,24,26)(H,25,27). The van der Waals surface area contributed by atoms with Crippen molar-refractivity contribution in [1.29, 1.82) is 0 Å². The fourth-order valence-electron chi connectivity index (χ4n) is 3.38. The van der Waals surface area contributed by atoms with E-state index >= 15 is 0 Å². The molecule has 0 radical (unpaired) electrons. The number of hydrogen-bond acceptors (Lipinski definition) is 5. The van der Waals surface area contributed by atoms with E-state index in [2.05, 4.69) is 24.5 Å². The van der Waals surface area contributed by atoms with Gasteiger partial charge in [0.15, 0.2) is 11.5 Å². The Balaban J connectivity index is 1.36. The molecule has 1 atom stereocenters. The topological polar surface area (TPSA) is 76.7 Å². The molecule has 0 saturated heterocycles. The van der Waals surface area contributed by atoms with Crippen LogP contribution in [0.3, 0.4) is 0 Å². The van der Waals surface area contributed by atoms with Crippen molar-refractivity contribution in [3.63, 3.8) is 0 Å². The summed E-state index contributed by atoms with van der Waals surface area (Å²) in [5.41, 5.74) is 1.42. The van der Waals surface area contributed by atoms with Gasteiger partial charge in [-0.1, -0.05) is 31.5 Å². The van der Waals surface area contributed by atoms with E-state index in [9.17, 15) is 9.59 Å². The van der Waals surface area contributed by atoms with Gasteiger partial charge in [-0.3, -0.25) is 9.59 Å². The van der Waals surface area contributed by atoms with Gasteiger partial charge in [0.2, 0.25) is 11.8 Å². The molecule has 4 rings (SSSR count). The van der Waals surface area contributed by atoms with Crippen LogP contribution in [0.4, 0.5) is 5.69 Å². The van der Waals surface area contributed by atoms with Crippen LogP contribution < -0.4 is 20.1 Å². The minimum Gasteiger partial charge on any atom is -0.486 e. The van der Waals surface area contributed by atoms with Crippen LogP contribution in [-0.2, 0) is 15.0 Å². The molecular formula is C22H23ClN2O4S. The van der Waals surface area contributed by atoms with Crippen molar-refractivity contribution in [3.05, 3.63) is 47.0 Å². The molecule has 158 valence electrons. The molecule has 1 unspecified atom stereocenters. The summed E-state index contributed by atoms with van der Waals surface area (Å²) in [6.07, 6.45) is 0.107. The van der Waals surface area contributed by atoms with Gasteiger partial charge in [-0.15, -0.1) is 11.8 Å². The summed E-state index contributed by atoms with van der Waals surface area (Å²) in [7, 11) is 0. The van der Waals surface area contributed by atoms with Crippen molar-refractivity contribution in [2.75, 3.05) is 25.1 Å². The number of benzene rings is 2. The Labute approximate surface area is 184 Å². The Morgan fingerprint density at radius 2 is 1.97 bits per heavy atom. The Kier molecular flexibility index (Phi) is 5.84. The van der Waals surface area contributed by atoms with Crippen molar-refractivity contribution in [3.8, 4) is 11.5 Å². The molecule has 2 amide bonds. The number of halogens is 1. The number of ether oxygens (including phenoxy) is 2. The Morgan fingerprint density at radius 3 is 2.77 bits per heavy atom.